The molecule has 2 unspecified atom stereocenters. The Hall–Kier alpha value is -0.610. The lowest BCUT2D eigenvalue weighted by Gasteiger charge is -2.36. The molecule has 0 spiro atoms. The highest BCUT2D eigenvalue weighted by Gasteiger charge is 2.26. The summed E-state index contributed by atoms with van der Waals surface area (Å²) < 4.78 is 5.53. The van der Waals surface area contributed by atoms with Gasteiger partial charge in [-0.05, 0) is 19.4 Å². The van der Waals surface area contributed by atoms with Gasteiger partial charge in [0.2, 0.25) is 5.91 Å². The van der Waals surface area contributed by atoms with E-state index in [2.05, 4.69) is 31.1 Å². The molecule has 4 nitrogen and oxygen atoms in total. The molecule has 106 valence electrons. The van der Waals surface area contributed by atoms with Crippen molar-refractivity contribution in [3.8, 4) is 0 Å². The second kappa shape index (κ2) is 7.10. The molecule has 0 saturated carbocycles. The van der Waals surface area contributed by atoms with Crippen molar-refractivity contribution in [1.29, 1.82) is 0 Å². The monoisotopic (exact) mass is 256 g/mol. The first kappa shape index (κ1) is 15.4. The van der Waals surface area contributed by atoms with Crippen LogP contribution in [-0.2, 0) is 9.53 Å². The van der Waals surface area contributed by atoms with E-state index in [0.29, 0.717) is 12.0 Å². The molecular formula is C14H28N2O2. The van der Waals surface area contributed by atoms with Crippen LogP contribution < -0.4 is 5.32 Å². The van der Waals surface area contributed by atoms with Gasteiger partial charge in [0, 0.05) is 24.5 Å². The van der Waals surface area contributed by atoms with Crippen molar-refractivity contribution in [3.05, 3.63) is 0 Å². The molecule has 1 aliphatic heterocycles. The first-order valence-electron chi connectivity index (χ1n) is 7.00. The van der Waals surface area contributed by atoms with Crippen LogP contribution in [0.4, 0.5) is 0 Å². The summed E-state index contributed by atoms with van der Waals surface area (Å²) in [4.78, 5) is 14.2. The summed E-state index contributed by atoms with van der Waals surface area (Å²) in [7, 11) is 2.13. The number of rotatable bonds is 5. The van der Waals surface area contributed by atoms with Crippen molar-refractivity contribution < 1.29 is 9.53 Å². The third kappa shape index (κ3) is 4.58. The van der Waals surface area contributed by atoms with Crippen molar-refractivity contribution in [2.75, 3.05) is 26.8 Å². The van der Waals surface area contributed by atoms with Gasteiger partial charge in [0.1, 0.15) is 0 Å². The third-order valence-electron chi connectivity index (χ3n) is 3.70. The highest BCUT2D eigenvalue weighted by atomic mass is 16.5. The summed E-state index contributed by atoms with van der Waals surface area (Å²) in [5, 5.41) is 3.16. The van der Waals surface area contributed by atoms with E-state index in [4.69, 9.17) is 4.74 Å². The van der Waals surface area contributed by atoms with Crippen LogP contribution >= 0.6 is 0 Å². The van der Waals surface area contributed by atoms with Crippen molar-refractivity contribution >= 4 is 5.91 Å². The minimum Gasteiger partial charge on any atom is -0.378 e. The Morgan fingerprint density at radius 1 is 1.39 bits per heavy atom. The topological polar surface area (TPSA) is 41.6 Å². The van der Waals surface area contributed by atoms with Gasteiger partial charge in [-0.3, -0.25) is 9.69 Å². The Bertz CT molecular complexity index is 267. The van der Waals surface area contributed by atoms with Gasteiger partial charge >= 0.3 is 0 Å². The zero-order chi connectivity index (χ0) is 13.7. The van der Waals surface area contributed by atoms with E-state index in [0.717, 1.165) is 26.2 Å². The molecule has 18 heavy (non-hydrogen) atoms. The molecule has 0 radical (unpaired) electrons. The Morgan fingerprint density at radius 2 is 2.06 bits per heavy atom. The molecule has 1 saturated heterocycles. The zero-order valence-electron chi connectivity index (χ0n) is 12.4. The lowest BCUT2D eigenvalue weighted by Crippen LogP contribution is -2.49. The fraction of sp³-hybridized carbons (Fsp3) is 0.929. The van der Waals surface area contributed by atoms with Gasteiger partial charge in [0.15, 0.2) is 0 Å². The van der Waals surface area contributed by atoms with Crippen molar-refractivity contribution in [2.45, 2.75) is 46.2 Å². The quantitative estimate of drug-likeness (QED) is 0.810. The fourth-order valence-corrected chi connectivity index (χ4v) is 2.13. The summed E-state index contributed by atoms with van der Waals surface area (Å²) in [6.07, 6.45) is 0.965. The number of amides is 1. The number of nitrogens with zero attached hydrogens (tertiary/aromatic N) is 1. The van der Waals surface area contributed by atoms with Gasteiger partial charge in [-0.1, -0.05) is 27.7 Å². The van der Waals surface area contributed by atoms with E-state index in [1.807, 2.05) is 13.8 Å². The van der Waals surface area contributed by atoms with Crippen LogP contribution in [0, 0.1) is 11.8 Å². The molecule has 1 heterocycles. The molecule has 2 atom stereocenters. The molecule has 0 bridgehead atoms. The highest BCUT2D eigenvalue weighted by Crippen LogP contribution is 2.16. The Balaban J connectivity index is 2.54. The SMILES string of the molecule is CC(C)C(=O)NC(CC1COCCN1C)C(C)C. The molecular weight excluding hydrogens is 228 g/mol. The molecule has 1 N–H and O–H groups in total. The van der Waals surface area contributed by atoms with Crippen LogP contribution in [0.15, 0.2) is 0 Å². The predicted octanol–water partition coefficient (Wildman–Crippen LogP) is 1.50. The number of ether oxygens (including phenoxy) is 1. The van der Waals surface area contributed by atoms with Crippen LogP contribution in [0.3, 0.4) is 0 Å². The molecule has 0 aromatic heterocycles. The first-order chi connectivity index (χ1) is 8.41. The van der Waals surface area contributed by atoms with E-state index in [1.54, 1.807) is 0 Å². The molecule has 1 rings (SSSR count). The Morgan fingerprint density at radius 3 is 2.56 bits per heavy atom. The van der Waals surface area contributed by atoms with Gasteiger partial charge < -0.3 is 10.1 Å². The van der Waals surface area contributed by atoms with E-state index in [-0.39, 0.29) is 17.9 Å². The lowest BCUT2D eigenvalue weighted by atomic mass is 9.95. The fourth-order valence-electron chi connectivity index (χ4n) is 2.13. The summed E-state index contributed by atoms with van der Waals surface area (Å²) in [5.74, 6) is 0.641. The second-order valence-electron chi connectivity index (χ2n) is 5.96. The second-order valence-corrected chi connectivity index (χ2v) is 5.96. The normalized spacial score (nSPS) is 23.4. The molecule has 0 aliphatic carbocycles. The number of carbonyl (C=O) groups is 1. The van der Waals surface area contributed by atoms with E-state index in [1.165, 1.54) is 0 Å². The van der Waals surface area contributed by atoms with Gasteiger partial charge in [0.05, 0.1) is 13.2 Å². The van der Waals surface area contributed by atoms with E-state index < -0.39 is 0 Å². The minimum atomic E-state index is 0.0478. The number of morpholine rings is 1. The molecule has 4 heteroatoms. The van der Waals surface area contributed by atoms with E-state index in [9.17, 15) is 4.79 Å². The van der Waals surface area contributed by atoms with Gasteiger partial charge in [-0.2, -0.15) is 0 Å². The van der Waals surface area contributed by atoms with E-state index >= 15 is 0 Å². The maximum absolute atomic E-state index is 11.8. The molecule has 1 aliphatic rings. The van der Waals surface area contributed by atoms with Crippen molar-refractivity contribution in [1.82, 2.24) is 10.2 Å². The Kier molecular flexibility index (Phi) is 6.09. The third-order valence-corrected chi connectivity index (χ3v) is 3.70. The summed E-state index contributed by atoms with van der Waals surface area (Å²) in [5.41, 5.74) is 0. The lowest BCUT2D eigenvalue weighted by molar-refractivity contribution is -0.125. The van der Waals surface area contributed by atoms with Crippen LogP contribution in [0.25, 0.3) is 0 Å². The summed E-state index contributed by atoms with van der Waals surface area (Å²) in [6, 6.07) is 0.646. The highest BCUT2D eigenvalue weighted by molar-refractivity contribution is 5.78. The van der Waals surface area contributed by atoms with Crippen LogP contribution in [-0.4, -0.2) is 49.7 Å². The molecule has 0 aromatic rings. The van der Waals surface area contributed by atoms with Gasteiger partial charge in [-0.25, -0.2) is 0 Å². The number of nitrogens with one attached hydrogen (secondary N) is 1. The smallest absolute Gasteiger partial charge is 0.222 e. The summed E-state index contributed by atoms with van der Waals surface area (Å²) in [6.45, 7) is 10.8. The average Bonchev–Trinajstić information content (AvgIpc) is 2.30. The number of hydrogen-bond donors (Lipinski definition) is 1. The largest absolute Gasteiger partial charge is 0.378 e. The number of likely N-dealkylation sites (N-methyl/N-ethyl adjacent to an activating group) is 1. The maximum atomic E-state index is 11.8. The van der Waals surface area contributed by atoms with Gasteiger partial charge in [0.25, 0.3) is 0 Å². The standard InChI is InChI=1S/C14H28N2O2/c1-10(2)13(15-14(17)11(3)4)8-12-9-18-7-6-16(12)5/h10-13H,6-9H2,1-5H3,(H,15,17). The predicted molar refractivity (Wildman–Crippen MR) is 73.5 cm³/mol. The maximum Gasteiger partial charge on any atom is 0.222 e. The van der Waals surface area contributed by atoms with Crippen molar-refractivity contribution in [3.63, 3.8) is 0 Å². The van der Waals surface area contributed by atoms with Crippen LogP contribution in [0.5, 0.6) is 0 Å². The first-order valence-corrected chi connectivity index (χ1v) is 7.00. The van der Waals surface area contributed by atoms with Crippen LogP contribution in [0.2, 0.25) is 0 Å². The van der Waals surface area contributed by atoms with Crippen LogP contribution in [0.1, 0.15) is 34.1 Å². The zero-order valence-corrected chi connectivity index (χ0v) is 12.4. The molecule has 1 fully saturated rings. The Labute approximate surface area is 111 Å². The average molecular weight is 256 g/mol. The minimum absolute atomic E-state index is 0.0478. The number of carbonyl (C=O) groups excluding carboxylic acids is 1. The van der Waals surface area contributed by atoms with Crippen molar-refractivity contribution in [2.24, 2.45) is 11.8 Å². The van der Waals surface area contributed by atoms with Gasteiger partial charge in [-0.15, -0.1) is 0 Å². The summed E-state index contributed by atoms with van der Waals surface area (Å²) >= 11 is 0. The number of hydrogen-bond acceptors (Lipinski definition) is 3. The molecule has 0 aromatic carbocycles. The molecule has 1 amide bonds.